The van der Waals surface area contributed by atoms with E-state index in [1.165, 1.54) is 19.2 Å². The van der Waals surface area contributed by atoms with Gasteiger partial charge in [-0.25, -0.2) is 9.37 Å². The van der Waals surface area contributed by atoms with E-state index in [1.807, 2.05) is 12.1 Å². The van der Waals surface area contributed by atoms with Crippen LogP contribution in [0.3, 0.4) is 0 Å². The van der Waals surface area contributed by atoms with Crippen molar-refractivity contribution in [2.24, 2.45) is 0 Å². The van der Waals surface area contributed by atoms with Gasteiger partial charge in [0.1, 0.15) is 23.2 Å². The fourth-order valence-corrected chi connectivity index (χ4v) is 3.40. The quantitative estimate of drug-likeness (QED) is 0.787. The molecule has 3 aromatic rings. The smallest absolute Gasteiger partial charge is 0.261 e. The van der Waals surface area contributed by atoms with Gasteiger partial charge in [0.05, 0.1) is 19.1 Å². The van der Waals surface area contributed by atoms with Crippen LogP contribution in [0.2, 0.25) is 0 Å². The fourth-order valence-electron chi connectivity index (χ4n) is 3.40. The van der Waals surface area contributed by atoms with E-state index in [-0.39, 0.29) is 11.3 Å². The number of carbonyl (C=O) groups excluding carboxylic acids is 1. The number of fused-ring (bicyclic) bond motifs is 1. The highest BCUT2D eigenvalue weighted by Crippen LogP contribution is 2.35. The second kappa shape index (κ2) is 6.59. The SMILES string of the molecule is COc1cccc(F)c1C(=O)N1CCc2[nH]cnc2C1c1cccnc1. The summed E-state index contributed by atoms with van der Waals surface area (Å²) in [6.45, 7) is 0.436. The van der Waals surface area contributed by atoms with E-state index in [0.717, 1.165) is 17.0 Å². The van der Waals surface area contributed by atoms with Crippen molar-refractivity contribution in [1.82, 2.24) is 19.9 Å². The van der Waals surface area contributed by atoms with Crippen molar-refractivity contribution in [3.63, 3.8) is 0 Å². The number of H-pyrrole nitrogens is 1. The molecule has 1 aliphatic heterocycles. The lowest BCUT2D eigenvalue weighted by Gasteiger charge is -2.35. The first-order valence-electron chi connectivity index (χ1n) is 8.26. The van der Waals surface area contributed by atoms with Gasteiger partial charge in [-0.15, -0.1) is 0 Å². The number of nitrogens with zero attached hydrogens (tertiary/aromatic N) is 3. The van der Waals surface area contributed by atoms with Gasteiger partial charge in [-0.3, -0.25) is 9.78 Å². The zero-order valence-corrected chi connectivity index (χ0v) is 14.1. The summed E-state index contributed by atoms with van der Waals surface area (Å²) in [4.78, 5) is 26.6. The third kappa shape index (κ3) is 2.61. The molecule has 0 saturated heterocycles. The second-order valence-corrected chi connectivity index (χ2v) is 6.02. The normalized spacial score (nSPS) is 16.2. The summed E-state index contributed by atoms with van der Waals surface area (Å²) in [6.07, 6.45) is 5.61. The van der Waals surface area contributed by atoms with Crippen LogP contribution in [0.25, 0.3) is 0 Å². The molecule has 6 nitrogen and oxygen atoms in total. The Morgan fingerprint density at radius 3 is 3.00 bits per heavy atom. The van der Waals surface area contributed by atoms with Crippen LogP contribution in [-0.2, 0) is 6.42 Å². The molecule has 1 aromatic carbocycles. The number of rotatable bonds is 3. The fraction of sp³-hybridized carbons (Fsp3) is 0.211. The van der Waals surface area contributed by atoms with E-state index >= 15 is 0 Å². The van der Waals surface area contributed by atoms with Gasteiger partial charge < -0.3 is 14.6 Å². The first-order valence-corrected chi connectivity index (χ1v) is 8.26. The van der Waals surface area contributed by atoms with Crippen molar-refractivity contribution in [1.29, 1.82) is 0 Å². The van der Waals surface area contributed by atoms with Gasteiger partial charge >= 0.3 is 0 Å². The van der Waals surface area contributed by atoms with Crippen molar-refractivity contribution in [2.45, 2.75) is 12.5 Å². The van der Waals surface area contributed by atoms with Gasteiger partial charge in [-0.2, -0.15) is 0 Å². The van der Waals surface area contributed by atoms with E-state index in [2.05, 4.69) is 15.0 Å². The zero-order valence-electron chi connectivity index (χ0n) is 14.1. The number of ether oxygens (including phenoxy) is 1. The van der Waals surface area contributed by atoms with Gasteiger partial charge in [-0.05, 0) is 23.8 Å². The highest BCUT2D eigenvalue weighted by molar-refractivity contribution is 5.97. The zero-order chi connectivity index (χ0) is 18.1. The summed E-state index contributed by atoms with van der Waals surface area (Å²) in [7, 11) is 1.42. The van der Waals surface area contributed by atoms with Crippen molar-refractivity contribution < 1.29 is 13.9 Å². The Labute approximate surface area is 149 Å². The molecule has 0 fully saturated rings. The predicted octanol–water partition coefficient (Wildman–Crippen LogP) is 2.74. The molecular weight excluding hydrogens is 335 g/mol. The Bertz CT molecular complexity index is 942. The number of hydrogen-bond acceptors (Lipinski definition) is 4. The monoisotopic (exact) mass is 352 g/mol. The van der Waals surface area contributed by atoms with Gasteiger partial charge in [0.2, 0.25) is 0 Å². The van der Waals surface area contributed by atoms with Crippen LogP contribution in [0.4, 0.5) is 4.39 Å². The molecule has 4 rings (SSSR count). The van der Waals surface area contributed by atoms with Gasteiger partial charge in [0.25, 0.3) is 5.91 Å². The molecule has 0 aliphatic carbocycles. The van der Waals surface area contributed by atoms with E-state index in [0.29, 0.717) is 13.0 Å². The topological polar surface area (TPSA) is 71.1 Å². The number of halogens is 1. The van der Waals surface area contributed by atoms with Gasteiger partial charge in [-0.1, -0.05) is 12.1 Å². The summed E-state index contributed by atoms with van der Waals surface area (Å²) in [5, 5.41) is 0. The molecule has 1 unspecified atom stereocenters. The summed E-state index contributed by atoms with van der Waals surface area (Å²) in [5.74, 6) is -0.817. The summed E-state index contributed by atoms with van der Waals surface area (Å²) in [6, 6.07) is 7.63. The first kappa shape index (κ1) is 16.3. The van der Waals surface area contributed by atoms with Crippen molar-refractivity contribution in [2.75, 3.05) is 13.7 Å². The van der Waals surface area contributed by atoms with Crippen molar-refractivity contribution >= 4 is 5.91 Å². The molecule has 3 heterocycles. The van der Waals surface area contributed by atoms with Crippen LogP contribution in [0.1, 0.15) is 33.4 Å². The number of aromatic nitrogens is 3. The van der Waals surface area contributed by atoms with Crippen molar-refractivity contribution in [3.05, 3.63) is 77.4 Å². The molecule has 0 saturated carbocycles. The number of carbonyl (C=O) groups is 1. The molecule has 1 aliphatic rings. The number of imidazole rings is 1. The maximum atomic E-state index is 14.4. The van der Waals surface area contributed by atoms with Crippen LogP contribution in [-0.4, -0.2) is 39.4 Å². The molecule has 1 atom stereocenters. The van der Waals surface area contributed by atoms with E-state index < -0.39 is 17.8 Å². The van der Waals surface area contributed by atoms with E-state index in [1.54, 1.807) is 29.7 Å². The Morgan fingerprint density at radius 2 is 2.23 bits per heavy atom. The summed E-state index contributed by atoms with van der Waals surface area (Å²) < 4.78 is 19.7. The van der Waals surface area contributed by atoms with Crippen LogP contribution in [0, 0.1) is 5.82 Å². The lowest BCUT2D eigenvalue weighted by atomic mass is 9.95. The third-order valence-corrected chi connectivity index (χ3v) is 4.60. The summed E-state index contributed by atoms with van der Waals surface area (Å²) >= 11 is 0. The highest BCUT2D eigenvalue weighted by atomic mass is 19.1. The minimum absolute atomic E-state index is 0.0668. The molecule has 26 heavy (non-hydrogen) atoms. The minimum atomic E-state index is -0.605. The minimum Gasteiger partial charge on any atom is -0.496 e. The molecule has 2 aromatic heterocycles. The number of aromatic amines is 1. The number of hydrogen-bond donors (Lipinski definition) is 1. The third-order valence-electron chi connectivity index (χ3n) is 4.60. The van der Waals surface area contributed by atoms with Gasteiger partial charge in [0, 0.05) is 31.1 Å². The Hall–Kier alpha value is -3.22. The maximum absolute atomic E-state index is 14.4. The standard InChI is InChI=1S/C19H17FN4O2/c1-26-15-6-2-5-13(20)16(15)19(25)24-9-7-14-17(23-11-22-14)18(24)12-4-3-8-21-10-12/h2-6,8,10-11,18H,7,9H2,1H3,(H,22,23). The molecule has 0 bridgehead atoms. The second-order valence-electron chi connectivity index (χ2n) is 6.02. The Morgan fingerprint density at radius 1 is 1.35 bits per heavy atom. The van der Waals surface area contributed by atoms with Crippen LogP contribution in [0.5, 0.6) is 5.75 Å². The molecule has 1 N–H and O–H groups in total. The van der Waals surface area contributed by atoms with Crippen LogP contribution >= 0.6 is 0 Å². The molecule has 0 radical (unpaired) electrons. The molecular formula is C19H17FN4O2. The average molecular weight is 352 g/mol. The molecule has 132 valence electrons. The van der Waals surface area contributed by atoms with Crippen LogP contribution in [0.15, 0.2) is 49.1 Å². The number of benzene rings is 1. The maximum Gasteiger partial charge on any atom is 0.261 e. The summed E-state index contributed by atoms with van der Waals surface area (Å²) in [5.41, 5.74) is 2.49. The molecule has 7 heteroatoms. The predicted molar refractivity (Wildman–Crippen MR) is 92.4 cm³/mol. The largest absolute Gasteiger partial charge is 0.496 e. The lowest BCUT2D eigenvalue weighted by molar-refractivity contribution is 0.0682. The number of amides is 1. The Kier molecular flexibility index (Phi) is 4.12. The van der Waals surface area contributed by atoms with Gasteiger partial charge in [0.15, 0.2) is 0 Å². The lowest BCUT2D eigenvalue weighted by Crippen LogP contribution is -2.41. The number of nitrogens with one attached hydrogen (secondary N) is 1. The molecule has 0 spiro atoms. The van der Waals surface area contributed by atoms with E-state index in [4.69, 9.17) is 4.74 Å². The van der Waals surface area contributed by atoms with Crippen molar-refractivity contribution in [3.8, 4) is 5.75 Å². The average Bonchev–Trinajstić information content (AvgIpc) is 3.16. The number of pyridine rings is 1. The first-order chi connectivity index (χ1) is 12.7. The molecule has 1 amide bonds. The van der Waals surface area contributed by atoms with E-state index in [9.17, 15) is 9.18 Å². The Balaban J connectivity index is 1.82. The highest BCUT2D eigenvalue weighted by Gasteiger charge is 2.36. The number of methoxy groups -OCH3 is 1. The van der Waals surface area contributed by atoms with Crippen LogP contribution < -0.4 is 4.74 Å².